The van der Waals surface area contributed by atoms with Crippen molar-refractivity contribution in [3.63, 3.8) is 0 Å². The number of carbonyl (C=O) groups excluding carboxylic acids is 1. The molecule has 2 aromatic heterocycles. The summed E-state index contributed by atoms with van der Waals surface area (Å²) in [5.41, 5.74) is -2.22. The van der Waals surface area contributed by atoms with Crippen LogP contribution in [0.3, 0.4) is 0 Å². The van der Waals surface area contributed by atoms with Gasteiger partial charge in [-0.3, -0.25) is 14.2 Å². The van der Waals surface area contributed by atoms with Crippen LogP contribution in [0.25, 0.3) is 5.69 Å². The second-order valence-corrected chi connectivity index (χ2v) is 8.45. The summed E-state index contributed by atoms with van der Waals surface area (Å²) < 4.78 is 54.0. The number of alkyl halides is 3. The highest BCUT2D eigenvalue weighted by molar-refractivity contribution is 9.10. The largest absolute Gasteiger partial charge is 0.416 e. The van der Waals surface area contributed by atoms with Crippen LogP contribution < -0.4 is 10.9 Å². The first kappa shape index (κ1) is 22.8. The maximum Gasteiger partial charge on any atom is 0.416 e. The summed E-state index contributed by atoms with van der Waals surface area (Å²) in [4.78, 5) is 25.3. The van der Waals surface area contributed by atoms with E-state index in [0.717, 1.165) is 28.8 Å². The molecule has 1 N–H and O–H groups in total. The molecule has 162 valence electrons. The number of benzene rings is 1. The summed E-state index contributed by atoms with van der Waals surface area (Å²) in [7, 11) is -0.668. The Labute approximate surface area is 184 Å². The van der Waals surface area contributed by atoms with Crippen molar-refractivity contribution in [3.8, 4) is 5.69 Å². The molecule has 0 saturated heterocycles. The number of rotatable bonds is 4. The molecule has 0 saturated carbocycles. The van der Waals surface area contributed by atoms with E-state index in [0.29, 0.717) is 4.60 Å². The molecular weight excluding hydrogens is 501 g/mol. The molecule has 7 nitrogen and oxygen atoms in total. The van der Waals surface area contributed by atoms with E-state index in [2.05, 4.69) is 31.4 Å². The molecule has 0 bridgehead atoms. The van der Waals surface area contributed by atoms with Gasteiger partial charge in [-0.05, 0) is 59.3 Å². The molecule has 1 aromatic carbocycles. The van der Waals surface area contributed by atoms with E-state index in [1.54, 1.807) is 0 Å². The van der Waals surface area contributed by atoms with Gasteiger partial charge in [0.2, 0.25) is 0 Å². The monoisotopic (exact) mass is 514 g/mol. The number of pyridine rings is 1. The number of hydrogen-bond acceptors (Lipinski definition) is 5. The molecule has 0 radical (unpaired) electrons. The molecule has 31 heavy (non-hydrogen) atoms. The first-order valence-corrected chi connectivity index (χ1v) is 10.6. The summed E-state index contributed by atoms with van der Waals surface area (Å²) >= 11 is 3.12. The summed E-state index contributed by atoms with van der Waals surface area (Å²) in [6.07, 6.45) is -4.63. The number of aromatic nitrogens is 3. The SMILES string of the molecule is CNC(=O)c1cc(S(=O)c2ccc(Br)nn2)c(C)n(-c2cccc(C(F)(F)F)c2)c1=O. The quantitative estimate of drug-likeness (QED) is 0.576. The maximum atomic E-state index is 13.2. The Balaban J connectivity index is 2.30. The lowest BCUT2D eigenvalue weighted by Crippen LogP contribution is -2.32. The molecule has 12 heteroatoms. The van der Waals surface area contributed by atoms with Gasteiger partial charge in [0, 0.05) is 18.4 Å². The zero-order valence-corrected chi connectivity index (χ0v) is 18.4. The van der Waals surface area contributed by atoms with Crippen LogP contribution in [-0.2, 0) is 17.0 Å². The fraction of sp³-hybridized carbons (Fsp3) is 0.158. The maximum absolute atomic E-state index is 13.2. The normalized spacial score (nSPS) is 12.5. The fourth-order valence-electron chi connectivity index (χ4n) is 2.81. The minimum Gasteiger partial charge on any atom is -0.355 e. The van der Waals surface area contributed by atoms with Gasteiger partial charge in [-0.15, -0.1) is 10.2 Å². The number of halogens is 4. The average Bonchev–Trinajstić information content (AvgIpc) is 2.73. The van der Waals surface area contributed by atoms with Crippen molar-refractivity contribution in [1.29, 1.82) is 0 Å². The minimum absolute atomic E-state index is 0.0345. The van der Waals surface area contributed by atoms with Gasteiger partial charge in [-0.1, -0.05) is 6.07 Å². The number of nitrogens with one attached hydrogen (secondary N) is 1. The molecule has 0 aliphatic carbocycles. The Morgan fingerprint density at radius 1 is 1.16 bits per heavy atom. The van der Waals surface area contributed by atoms with Crippen molar-refractivity contribution in [3.05, 3.63) is 74.2 Å². The molecule has 3 rings (SSSR count). The first-order chi connectivity index (χ1) is 14.5. The van der Waals surface area contributed by atoms with Crippen molar-refractivity contribution >= 4 is 32.6 Å². The number of nitrogens with zero attached hydrogens (tertiary/aromatic N) is 3. The van der Waals surface area contributed by atoms with Gasteiger partial charge in [-0.2, -0.15) is 13.2 Å². The molecule has 1 amide bonds. The summed E-state index contributed by atoms with van der Waals surface area (Å²) in [6, 6.07) is 8.19. The van der Waals surface area contributed by atoms with Crippen molar-refractivity contribution in [2.45, 2.75) is 23.0 Å². The minimum atomic E-state index is -4.63. The van der Waals surface area contributed by atoms with Crippen LogP contribution in [0.15, 0.2) is 61.8 Å². The topological polar surface area (TPSA) is 93.9 Å². The molecule has 2 heterocycles. The zero-order valence-electron chi connectivity index (χ0n) is 16.0. The van der Waals surface area contributed by atoms with E-state index in [-0.39, 0.29) is 26.9 Å². The lowest BCUT2D eigenvalue weighted by atomic mass is 10.1. The van der Waals surface area contributed by atoms with E-state index < -0.39 is 34.0 Å². The van der Waals surface area contributed by atoms with Gasteiger partial charge in [0.25, 0.3) is 11.5 Å². The van der Waals surface area contributed by atoms with E-state index in [9.17, 15) is 27.0 Å². The Hall–Kier alpha value is -2.86. The van der Waals surface area contributed by atoms with Crippen LogP contribution in [-0.4, -0.2) is 31.9 Å². The van der Waals surface area contributed by atoms with Crippen molar-refractivity contribution in [1.82, 2.24) is 20.1 Å². The smallest absolute Gasteiger partial charge is 0.355 e. The van der Waals surface area contributed by atoms with Crippen LogP contribution in [0.5, 0.6) is 0 Å². The Morgan fingerprint density at radius 2 is 1.87 bits per heavy atom. The van der Waals surface area contributed by atoms with Crippen LogP contribution in [0, 0.1) is 6.92 Å². The van der Waals surface area contributed by atoms with Crippen LogP contribution in [0.1, 0.15) is 21.6 Å². The Morgan fingerprint density at radius 3 is 2.45 bits per heavy atom. The predicted molar refractivity (Wildman–Crippen MR) is 110 cm³/mol. The van der Waals surface area contributed by atoms with Gasteiger partial charge in [0.15, 0.2) is 5.03 Å². The standard InChI is InChI=1S/C19H14BrF3N4O3S/c1-10-14(31(30)16-7-6-15(20)25-26-16)9-13(17(28)24-2)18(29)27(10)12-5-3-4-11(8-12)19(21,22)23/h3-9H,1-2H3,(H,24,28). The fourth-order valence-corrected chi connectivity index (χ4v) is 4.14. The summed E-state index contributed by atoms with van der Waals surface area (Å²) in [5.74, 6) is -0.772. The Bertz CT molecular complexity index is 1240. The van der Waals surface area contributed by atoms with Crippen molar-refractivity contribution < 1.29 is 22.2 Å². The highest BCUT2D eigenvalue weighted by Gasteiger charge is 2.31. The first-order valence-electron chi connectivity index (χ1n) is 8.62. The van der Waals surface area contributed by atoms with Crippen molar-refractivity contribution in [2.75, 3.05) is 7.05 Å². The molecule has 3 aromatic rings. The third-order valence-corrected chi connectivity index (χ3v) is 6.13. The lowest BCUT2D eigenvalue weighted by Gasteiger charge is -2.17. The van der Waals surface area contributed by atoms with E-state index in [1.807, 2.05) is 0 Å². The molecule has 0 spiro atoms. The summed E-state index contributed by atoms with van der Waals surface area (Å²) in [5, 5.41) is 9.94. The highest BCUT2D eigenvalue weighted by Crippen LogP contribution is 2.31. The van der Waals surface area contributed by atoms with E-state index in [1.165, 1.54) is 32.2 Å². The van der Waals surface area contributed by atoms with Gasteiger partial charge in [-0.25, -0.2) is 4.21 Å². The predicted octanol–water partition coefficient (Wildman–Crippen LogP) is 3.24. The molecule has 0 aliphatic heterocycles. The number of amides is 1. The second-order valence-electron chi connectivity index (χ2n) is 6.24. The number of carbonyl (C=O) groups is 1. The van der Waals surface area contributed by atoms with Gasteiger partial charge in [0.05, 0.1) is 10.5 Å². The zero-order chi connectivity index (χ0) is 22.9. The molecule has 0 fully saturated rings. The molecular formula is C19H14BrF3N4O3S. The van der Waals surface area contributed by atoms with Crippen molar-refractivity contribution in [2.24, 2.45) is 0 Å². The van der Waals surface area contributed by atoms with Crippen LogP contribution in [0.4, 0.5) is 13.2 Å². The second kappa shape index (κ2) is 8.71. The van der Waals surface area contributed by atoms with E-state index in [4.69, 9.17) is 0 Å². The number of hydrogen-bond donors (Lipinski definition) is 1. The third-order valence-electron chi connectivity index (χ3n) is 4.30. The highest BCUT2D eigenvalue weighted by atomic mass is 79.9. The molecule has 1 unspecified atom stereocenters. The summed E-state index contributed by atoms with van der Waals surface area (Å²) in [6.45, 7) is 1.43. The van der Waals surface area contributed by atoms with E-state index >= 15 is 0 Å². The third kappa shape index (κ3) is 4.59. The average molecular weight is 515 g/mol. The lowest BCUT2D eigenvalue weighted by molar-refractivity contribution is -0.137. The molecule has 1 atom stereocenters. The Kier molecular flexibility index (Phi) is 6.41. The van der Waals surface area contributed by atoms with Crippen LogP contribution >= 0.6 is 15.9 Å². The van der Waals surface area contributed by atoms with Crippen LogP contribution in [0.2, 0.25) is 0 Å². The molecule has 0 aliphatic rings. The van der Waals surface area contributed by atoms with Gasteiger partial charge < -0.3 is 5.32 Å². The van der Waals surface area contributed by atoms with Gasteiger partial charge in [0.1, 0.15) is 21.0 Å². The van der Waals surface area contributed by atoms with Gasteiger partial charge >= 0.3 is 6.18 Å².